The average Bonchev–Trinajstić information content (AvgIpc) is 2.26. The zero-order chi connectivity index (χ0) is 13.8. The van der Waals surface area contributed by atoms with E-state index in [2.05, 4.69) is 10.1 Å². The lowest BCUT2D eigenvalue weighted by Crippen LogP contribution is -2.20. The van der Waals surface area contributed by atoms with Gasteiger partial charge in [0, 0.05) is 6.04 Å². The van der Waals surface area contributed by atoms with Crippen LogP contribution < -0.4 is 10.1 Å². The topological polar surface area (TPSA) is 21.3 Å². The van der Waals surface area contributed by atoms with Gasteiger partial charge in [-0.15, -0.1) is 0 Å². The summed E-state index contributed by atoms with van der Waals surface area (Å²) in [4.78, 5) is 0. The molecule has 18 heavy (non-hydrogen) atoms. The molecule has 0 saturated heterocycles. The number of hydrogen-bond acceptors (Lipinski definition) is 2. The van der Waals surface area contributed by atoms with Gasteiger partial charge < -0.3 is 10.1 Å². The van der Waals surface area contributed by atoms with Crippen LogP contribution in [0.3, 0.4) is 0 Å². The maximum atomic E-state index is 13.5. The molecule has 0 radical (unpaired) electrons. The van der Waals surface area contributed by atoms with Crippen LogP contribution in [0.4, 0.5) is 17.6 Å². The monoisotopic (exact) mass is 265 g/mol. The first-order chi connectivity index (χ1) is 8.33. The first-order valence-corrected chi connectivity index (χ1v) is 5.56. The van der Waals surface area contributed by atoms with Crippen molar-refractivity contribution in [2.45, 2.75) is 26.1 Å². The second kappa shape index (κ2) is 6.04. The standard InChI is InChI=1S/C12H15F4NO/c1-3-17-8(2)9-4-5-11(10(13)6-9)18-7-12(14,15)16/h4-6,8,17H,3,7H2,1-2H3. The van der Waals surface area contributed by atoms with Crippen LogP contribution in [0.2, 0.25) is 0 Å². The summed E-state index contributed by atoms with van der Waals surface area (Å²) in [5.41, 5.74) is 0.661. The summed E-state index contributed by atoms with van der Waals surface area (Å²) in [5, 5.41) is 3.08. The number of ether oxygens (including phenoxy) is 1. The normalized spacial score (nSPS) is 13.4. The Labute approximate surface area is 103 Å². The Morgan fingerprint density at radius 1 is 1.33 bits per heavy atom. The third-order valence-electron chi connectivity index (χ3n) is 2.36. The lowest BCUT2D eigenvalue weighted by Gasteiger charge is -2.14. The van der Waals surface area contributed by atoms with Crippen LogP contribution >= 0.6 is 0 Å². The van der Waals surface area contributed by atoms with Crippen molar-refractivity contribution in [1.29, 1.82) is 0 Å². The molecule has 1 N–H and O–H groups in total. The molecule has 2 nitrogen and oxygen atoms in total. The maximum Gasteiger partial charge on any atom is 0.422 e. The van der Waals surface area contributed by atoms with Crippen molar-refractivity contribution in [2.24, 2.45) is 0 Å². The molecular formula is C12H15F4NO. The Hall–Kier alpha value is -1.30. The molecule has 0 aliphatic rings. The molecule has 1 rings (SSSR count). The van der Waals surface area contributed by atoms with Gasteiger partial charge in [-0.2, -0.15) is 13.2 Å². The number of rotatable bonds is 5. The lowest BCUT2D eigenvalue weighted by molar-refractivity contribution is -0.153. The van der Waals surface area contributed by atoms with Gasteiger partial charge in [-0.05, 0) is 31.2 Å². The predicted octanol–water partition coefficient (Wildman–Crippen LogP) is 3.44. The Morgan fingerprint density at radius 3 is 2.50 bits per heavy atom. The summed E-state index contributed by atoms with van der Waals surface area (Å²) in [6, 6.07) is 3.87. The highest BCUT2D eigenvalue weighted by Gasteiger charge is 2.29. The van der Waals surface area contributed by atoms with Crippen molar-refractivity contribution < 1.29 is 22.3 Å². The average molecular weight is 265 g/mol. The van der Waals surface area contributed by atoms with E-state index in [1.165, 1.54) is 12.1 Å². The quantitative estimate of drug-likeness (QED) is 0.823. The van der Waals surface area contributed by atoms with Crippen molar-refractivity contribution in [2.75, 3.05) is 13.2 Å². The van der Waals surface area contributed by atoms with Gasteiger partial charge in [-0.25, -0.2) is 4.39 Å². The fraction of sp³-hybridized carbons (Fsp3) is 0.500. The molecule has 1 unspecified atom stereocenters. The molecule has 0 spiro atoms. The number of benzene rings is 1. The van der Waals surface area contributed by atoms with Crippen LogP contribution in [-0.4, -0.2) is 19.3 Å². The third-order valence-corrected chi connectivity index (χ3v) is 2.36. The van der Waals surface area contributed by atoms with Gasteiger partial charge in [0.15, 0.2) is 18.2 Å². The second-order valence-electron chi connectivity index (χ2n) is 3.87. The molecule has 0 aliphatic carbocycles. The van der Waals surface area contributed by atoms with Crippen molar-refractivity contribution in [3.8, 4) is 5.75 Å². The Kier molecular flexibility index (Phi) is 4.95. The first kappa shape index (κ1) is 14.8. The molecular weight excluding hydrogens is 250 g/mol. The smallest absolute Gasteiger partial charge is 0.422 e. The molecule has 0 fully saturated rings. The number of nitrogens with one attached hydrogen (secondary N) is 1. The molecule has 0 amide bonds. The molecule has 0 saturated carbocycles. The zero-order valence-corrected chi connectivity index (χ0v) is 10.1. The van der Waals surface area contributed by atoms with Gasteiger partial charge in [-0.3, -0.25) is 0 Å². The summed E-state index contributed by atoms with van der Waals surface area (Å²) < 4.78 is 53.7. The van der Waals surface area contributed by atoms with E-state index in [1.807, 2.05) is 13.8 Å². The van der Waals surface area contributed by atoms with E-state index in [4.69, 9.17) is 0 Å². The van der Waals surface area contributed by atoms with Crippen LogP contribution in [0.25, 0.3) is 0 Å². The number of alkyl halides is 3. The fourth-order valence-electron chi connectivity index (χ4n) is 1.49. The molecule has 1 aromatic rings. The van der Waals surface area contributed by atoms with Crippen LogP contribution in [0.15, 0.2) is 18.2 Å². The Bertz CT molecular complexity index is 392. The van der Waals surface area contributed by atoms with E-state index in [0.717, 1.165) is 6.54 Å². The molecule has 0 heterocycles. The van der Waals surface area contributed by atoms with Crippen LogP contribution in [0.1, 0.15) is 25.5 Å². The highest BCUT2D eigenvalue weighted by atomic mass is 19.4. The summed E-state index contributed by atoms with van der Waals surface area (Å²) >= 11 is 0. The summed E-state index contributed by atoms with van der Waals surface area (Å²) in [6.45, 7) is 2.98. The van der Waals surface area contributed by atoms with E-state index >= 15 is 0 Å². The third kappa shape index (κ3) is 4.52. The Balaban J connectivity index is 2.73. The van der Waals surface area contributed by atoms with E-state index < -0.39 is 18.6 Å². The maximum absolute atomic E-state index is 13.5. The van der Waals surface area contributed by atoms with Gasteiger partial charge >= 0.3 is 6.18 Å². The molecule has 0 aliphatic heterocycles. The zero-order valence-electron chi connectivity index (χ0n) is 10.1. The minimum absolute atomic E-state index is 0.0684. The SMILES string of the molecule is CCNC(C)c1ccc(OCC(F)(F)F)c(F)c1. The van der Waals surface area contributed by atoms with Gasteiger partial charge in [0.2, 0.25) is 0 Å². The lowest BCUT2D eigenvalue weighted by atomic mass is 10.1. The highest BCUT2D eigenvalue weighted by molar-refractivity contribution is 5.30. The number of halogens is 4. The van der Waals surface area contributed by atoms with Crippen LogP contribution in [-0.2, 0) is 0 Å². The van der Waals surface area contributed by atoms with Crippen molar-refractivity contribution >= 4 is 0 Å². The Morgan fingerprint density at radius 2 is 2.00 bits per heavy atom. The van der Waals surface area contributed by atoms with Crippen molar-refractivity contribution in [1.82, 2.24) is 5.32 Å². The highest BCUT2D eigenvalue weighted by Crippen LogP contribution is 2.24. The second-order valence-corrected chi connectivity index (χ2v) is 3.87. The molecule has 1 aromatic carbocycles. The number of hydrogen-bond donors (Lipinski definition) is 1. The van der Waals surface area contributed by atoms with Gasteiger partial charge in [0.1, 0.15) is 0 Å². The van der Waals surface area contributed by atoms with E-state index in [-0.39, 0.29) is 11.8 Å². The van der Waals surface area contributed by atoms with Crippen molar-refractivity contribution in [3.63, 3.8) is 0 Å². The predicted molar refractivity (Wildman–Crippen MR) is 60.0 cm³/mol. The van der Waals surface area contributed by atoms with Crippen LogP contribution in [0, 0.1) is 5.82 Å². The van der Waals surface area contributed by atoms with Crippen LogP contribution in [0.5, 0.6) is 5.75 Å². The largest absolute Gasteiger partial charge is 0.481 e. The summed E-state index contributed by atoms with van der Waals surface area (Å²) in [5.74, 6) is -1.18. The van der Waals surface area contributed by atoms with Crippen molar-refractivity contribution in [3.05, 3.63) is 29.6 Å². The molecule has 0 bridgehead atoms. The fourth-order valence-corrected chi connectivity index (χ4v) is 1.49. The van der Waals surface area contributed by atoms with Gasteiger partial charge in [0.25, 0.3) is 0 Å². The van der Waals surface area contributed by atoms with E-state index in [0.29, 0.717) is 5.56 Å². The minimum Gasteiger partial charge on any atom is -0.481 e. The molecule has 102 valence electrons. The molecule has 1 atom stereocenters. The minimum atomic E-state index is -4.47. The summed E-state index contributed by atoms with van der Waals surface area (Å²) in [7, 11) is 0. The molecule has 0 aromatic heterocycles. The van der Waals surface area contributed by atoms with E-state index in [1.54, 1.807) is 6.07 Å². The molecule has 6 heteroatoms. The van der Waals surface area contributed by atoms with Gasteiger partial charge in [0.05, 0.1) is 0 Å². The van der Waals surface area contributed by atoms with Gasteiger partial charge in [-0.1, -0.05) is 13.0 Å². The van der Waals surface area contributed by atoms with E-state index in [9.17, 15) is 17.6 Å². The first-order valence-electron chi connectivity index (χ1n) is 5.56. The summed E-state index contributed by atoms with van der Waals surface area (Å²) in [6.07, 6.45) is -4.47.